The summed E-state index contributed by atoms with van der Waals surface area (Å²) in [6, 6.07) is 7.90. The second-order valence-corrected chi connectivity index (χ2v) is 5.62. The maximum atomic E-state index is 11.0. The predicted molar refractivity (Wildman–Crippen MR) is 71.6 cm³/mol. The number of rotatable bonds is 2. The van der Waals surface area contributed by atoms with E-state index in [1.54, 1.807) is 6.07 Å². The molecule has 1 aromatic carbocycles. The Morgan fingerprint density at radius 3 is 2.83 bits per heavy atom. The highest BCUT2D eigenvalue weighted by Gasteiger charge is 2.20. The van der Waals surface area contributed by atoms with Crippen molar-refractivity contribution < 1.29 is 14.6 Å². The molecule has 2 aromatic rings. The lowest BCUT2D eigenvalue weighted by molar-refractivity contribution is 0.0702. The standard InChI is InChI=1S/C14H14O3S/c15-14(16)12-8-10-2-1-3-11(13(10)18-12)9-4-6-17-7-5-9/h1-3,8-9H,4-7H2,(H,15,16). The molecule has 0 bridgehead atoms. The van der Waals surface area contributed by atoms with Crippen molar-refractivity contribution in [2.24, 2.45) is 0 Å². The molecule has 0 atom stereocenters. The van der Waals surface area contributed by atoms with E-state index in [2.05, 4.69) is 6.07 Å². The number of hydrogen-bond donors (Lipinski definition) is 1. The van der Waals surface area contributed by atoms with Crippen LogP contribution >= 0.6 is 11.3 Å². The zero-order valence-corrected chi connectivity index (χ0v) is 10.7. The number of benzene rings is 1. The van der Waals surface area contributed by atoms with E-state index in [9.17, 15) is 4.79 Å². The fourth-order valence-corrected chi connectivity index (χ4v) is 3.61. The SMILES string of the molecule is O=C(O)c1cc2cccc(C3CCOCC3)c2s1. The van der Waals surface area contributed by atoms with Crippen LogP contribution in [-0.2, 0) is 4.74 Å². The first kappa shape index (κ1) is 11.7. The van der Waals surface area contributed by atoms with Gasteiger partial charge in [-0.05, 0) is 35.8 Å². The Bertz CT molecular complexity index is 582. The van der Waals surface area contributed by atoms with Crippen LogP contribution in [-0.4, -0.2) is 24.3 Å². The third-order valence-corrected chi connectivity index (χ3v) is 4.63. The molecule has 1 aromatic heterocycles. The summed E-state index contributed by atoms with van der Waals surface area (Å²) in [6.45, 7) is 1.61. The van der Waals surface area contributed by atoms with Crippen LogP contribution < -0.4 is 0 Å². The molecule has 3 rings (SSSR count). The van der Waals surface area contributed by atoms with Gasteiger partial charge in [-0.3, -0.25) is 0 Å². The molecular weight excluding hydrogens is 248 g/mol. The minimum absolute atomic E-state index is 0.421. The maximum Gasteiger partial charge on any atom is 0.345 e. The molecule has 0 spiro atoms. The summed E-state index contributed by atoms with van der Waals surface area (Å²) in [6.07, 6.45) is 2.05. The molecule has 3 nitrogen and oxygen atoms in total. The van der Waals surface area contributed by atoms with Crippen molar-refractivity contribution >= 4 is 27.4 Å². The minimum atomic E-state index is -0.839. The normalized spacial score (nSPS) is 17.1. The Kier molecular flexibility index (Phi) is 3.06. The number of ether oxygens (including phenoxy) is 1. The number of thiophene rings is 1. The van der Waals surface area contributed by atoms with E-state index in [0.29, 0.717) is 10.8 Å². The first-order valence-corrected chi connectivity index (χ1v) is 6.91. The van der Waals surface area contributed by atoms with Crippen LogP contribution in [0, 0.1) is 0 Å². The van der Waals surface area contributed by atoms with Gasteiger partial charge in [0.15, 0.2) is 0 Å². The fraction of sp³-hybridized carbons (Fsp3) is 0.357. The molecule has 0 unspecified atom stereocenters. The van der Waals surface area contributed by atoms with Gasteiger partial charge in [0.25, 0.3) is 0 Å². The molecule has 0 aliphatic carbocycles. The molecule has 1 aliphatic heterocycles. The lowest BCUT2D eigenvalue weighted by atomic mass is 9.91. The van der Waals surface area contributed by atoms with E-state index in [0.717, 1.165) is 36.1 Å². The number of carboxylic acids is 1. The van der Waals surface area contributed by atoms with Gasteiger partial charge in [-0.25, -0.2) is 4.79 Å². The summed E-state index contributed by atoms with van der Waals surface area (Å²) in [7, 11) is 0. The molecule has 0 saturated carbocycles. The first-order chi connectivity index (χ1) is 8.75. The molecule has 1 fully saturated rings. The van der Waals surface area contributed by atoms with Crippen LogP contribution in [0.15, 0.2) is 24.3 Å². The van der Waals surface area contributed by atoms with Gasteiger partial charge in [0.05, 0.1) is 0 Å². The van der Waals surface area contributed by atoms with Gasteiger partial charge in [0.1, 0.15) is 4.88 Å². The minimum Gasteiger partial charge on any atom is -0.477 e. The molecule has 1 N–H and O–H groups in total. The molecule has 2 heterocycles. The van der Waals surface area contributed by atoms with Gasteiger partial charge in [-0.1, -0.05) is 18.2 Å². The van der Waals surface area contributed by atoms with E-state index in [1.807, 2.05) is 12.1 Å². The number of fused-ring (bicyclic) bond motifs is 1. The Hall–Kier alpha value is -1.39. The molecular formula is C14H14O3S. The Morgan fingerprint density at radius 2 is 2.11 bits per heavy atom. The molecule has 1 saturated heterocycles. The van der Waals surface area contributed by atoms with Crippen molar-refractivity contribution in [2.45, 2.75) is 18.8 Å². The summed E-state index contributed by atoms with van der Waals surface area (Å²) in [5.74, 6) is -0.336. The van der Waals surface area contributed by atoms with Crippen molar-refractivity contribution in [1.29, 1.82) is 0 Å². The van der Waals surface area contributed by atoms with E-state index < -0.39 is 5.97 Å². The first-order valence-electron chi connectivity index (χ1n) is 6.09. The summed E-state index contributed by atoms with van der Waals surface area (Å²) in [5.41, 5.74) is 1.29. The second-order valence-electron chi connectivity index (χ2n) is 4.57. The Morgan fingerprint density at radius 1 is 1.33 bits per heavy atom. The topological polar surface area (TPSA) is 46.5 Å². The molecule has 1 aliphatic rings. The van der Waals surface area contributed by atoms with Crippen molar-refractivity contribution in [3.8, 4) is 0 Å². The summed E-state index contributed by atoms with van der Waals surface area (Å²) >= 11 is 1.39. The quantitative estimate of drug-likeness (QED) is 0.901. The number of aromatic carboxylic acids is 1. The molecule has 4 heteroatoms. The highest BCUT2D eigenvalue weighted by atomic mass is 32.1. The molecule has 0 amide bonds. The lowest BCUT2D eigenvalue weighted by Gasteiger charge is -2.22. The van der Waals surface area contributed by atoms with Crippen molar-refractivity contribution in [1.82, 2.24) is 0 Å². The van der Waals surface area contributed by atoms with Crippen LogP contribution in [0.5, 0.6) is 0 Å². The largest absolute Gasteiger partial charge is 0.477 e. The summed E-state index contributed by atoms with van der Waals surface area (Å²) in [4.78, 5) is 11.5. The average Bonchev–Trinajstić information content (AvgIpc) is 2.83. The highest BCUT2D eigenvalue weighted by Crippen LogP contribution is 2.36. The van der Waals surface area contributed by atoms with Crippen LogP contribution in [0.1, 0.15) is 34.0 Å². The average molecular weight is 262 g/mol. The summed E-state index contributed by atoms with van der Waals surface area (Å²) in [5, 5.41) is 10.1. The maximum absolute atomic E-state index is 11.0. The molecule has 94 valence electrons. The molecule has 18 heavy (non-hydrogen) atoms. The Balaban J connectivity index is 2.07. The number of carboxylic acid groups (broad SMARTS) is 1. The highest BCUT2D eigenvalue weighted by molar-refractivity contribution is 7.20. The predicted octanol–water partition coefficient (Wildman–Crippen LogP) is 3.49. The molecule has 0 radical (unpaired) electrons. The van der Waals surface area contributed by atoms with E-state index >= 15 is 0 Å². The van der Waals surface area contributed by atoms with Gasteiger partial charge in [0, 0.05) is 17.9 Å². The smallest absolute Gasteiger partial charge is 0.345 e. The summed E-state index contributed by atoms with van der Waals surface area (Å²) < 4.78 is 6.51. The van der Waals surface area contributed by atoms with Gasteiger partial charge in [-0.2, -0.15) is 0 Å². The zero-order valence-electron chi connectivity index (χ0n) is 9.89. The van der Waals surface area contributed by atoms with E-state index in [4.69, 9.17) is 9.84 Å². The van der Waals surface area contributed by atoms with Crippen LogP contribution in [0.3, 0.4) is 0 Å². The van der Waals surface area contributed by atoms with Gasteiger partial charge in [0.2, 0.25) is 0 Å². The van der Waals surface area contributed by atoms with Crippen molar-refractivity contribution in [3.63, 3.8) is 0 Å². The van der Waals surface area contributed by atoms with E-state index in [-0.39, 0.29) is 0 Å². The second kappa shape index (κ2) is 4.71. The number of hydrogen-bond acceptors (Lipinski definition) is 3. The fourth-order valence-electron chi connectivity index (χ4n) is 2.52. The van der Waals surface area contributed by atoms with Gasteiger partial charge >= 0.3 is 5.97 Å². The van der Waals surface area contributed by atoms with Gasteiger partial charge in [-0.15, -0.1) is 11.3 Å². The van der Waals surface area contributed by atoms with Crippen molar-refractivity contribution in [3.05, 3.63) is 34.7 Å². The third-order valence-electron chi connectivity index (χ3n) is 3.45. The number of carbonyl (C=O) groups is 1. The zero-order chi connectivity index (χ0) is 12.5. The monoisotopic (exact) mass is 262 g/mol. The van der Waals surface area contributed by atoms with Gasteiger partial charge < -0.3 is 9.84 Å². The van der Waals surface area contributed by atoms with Crippen molar-refractivity contribution in [2.75, 3.05) is 13.2 Å². The van der Waals surface area contributed by atoms with E-state index in [1.165, 1.54) is 16.9 Å². The third kappa shape index (κ3) is 2.02. The lowest BCUT2D eigenvalue weighted by Crippen LogP contribution is -2.14. The Labute approximate surface area is 109 Å². The van der Waals surface area contributed by atoms with Crippen LogP contribution in [0.4, 0.5) is 0 Å². The van der Waals surface area contributed by atoms with Crippen LogP contribution in [0.2, 0.25) is 0 Å². The van der Waals surface area contributed by atoms with Crippen LogP contribution in [0.25, 0.3) is 10.1 Å².